The summed E-state index contributed by atoms with van der Waals surface area (Å²) in [5.74, 6) is 0.101. The number of hydrogen-bond donors (Lipinski definition) is 2. The van der Waals surface area contributed by atoms with Gasteiger partial charge < -0.3 is 20.3 Å². The first-order chi connectivity index (χ1) is 12.8. The summed E-state index contributed by atoms with van der Waals surface area (Å²) in [7, 11) is -3.29. The SMILES string of the molecule is CCCS(=O)(=O)N1CCC(CNC(=O)NCC)(C(=O)N2CCOCC2)CC1. The number of morpholine rings is 1. The van der Waals surface area contributed by atoms with E-state index >= 15 is 0 Å². The van der Waals surface area contributed by atoms with Crippen LogP contribution in [0.5, 0.6) is 0 Å². The largest absolute Gasteiger partial charge is 0.378 e. The Morgan fingerprint density at radius 2 is 1.67 bits per heavy atom. The van der Waals surface area contributed by atoms with Crippen molar-refractivity contribution in [3.05, 3.63) is 0 Å². The van der Waals surface area contributed by atoms with E-state index in [1.165, 1.54) is 4.31 Å². The molecule has 3 amide bonds. The number of carbonyl (C=O) groups is 2. The van der Waals surface area contributed by atoms with E-state index in [0.29, 0.717) is 65.2 Å². The standard InChI is InChI=1S/C17H32N4O5S/c1-3-13-27(24,25)21-7-5-17(6-8-21,14-19-16(23)18-4-2)15(22)20-9-11-26-12-10-20/h3-14H2,1-2H3,(H2,18,19,23). The summed E-state index contributed by atoms with van der Waals surface area (Å²) in [4.78, 5) is 26.9. The van der Waals surface area contributed by atoms with Crippen LogP contribution in [0.15, 0.2) is 0 Å². The third-order valence-electron chi connectivity index (χ3n) is 5.21. The van der Waals surface area contributed by atoms with Gasteiger partial charge in [0.05, 0.1) is 24.4 Å². The third-order valence-corrected chi connectivity index (χ3v) is 7.29. The van der Waals surface area contributed by atoms with E-state index in [4.69, 9.17) is 4.74 Å². The molecular weight excluding hydrogens is 372 g/mol. The number of piperidine rings is 1. The molecule has 0 aromatic rings. The highest BCUT2D eigenvalue weighted by Crippen LogP contribution is 2.34. The van der Waals surface area contributed by atoms with Crippen LogP contribution in [0.25, 0.3) is 0 Å². The molecule has 156 valence electrons. The smallest absolute Gasteiger partial charge is 0.314 e. The zero-order valence-corrected chi connectivity index (χ0v) is 17.1. The minimum atomic E-state index is -3.29. The zero-order chi connectivity index (χ0) is 19.9. The summed E-state index contributed by atoms with van der Waals surface area (Å²) in [5.41, 5.74) is -0.777. The number of carbonyl (C=O) groups excluding carboxylic acids is 2. The monoisotopic (exact) mass is 404 g/mol. The molecule has 0 spiro atoms. The molecule has 0 unspecified atom stereocenters. The number of sulfonamides is 1. The maximum atomic E-state index is 13.3. The van der Waals surface area contributed by atoms with Crippen LogP contribution in [0.3, 0.4) is 0 Å². The van der Waals surface area contributed by atoms with Crippen LogP contribution in [0.4, 0.5) is 4.79 Å². The van der Waals surface area contributed by atoms with Crippen LogP contribution >= 0.6 is 0 Å². The second-order valence-corrected chi connectivity index (χ2v) is 9.20. The fourth-order valence-electron chi connectivity index (χ4n) is 3.62. The highest BCUT2D eigenvalue weighted by atomic mass is 32.2. The second kappa shape index (κ2) is 9.70. The van der Waals surface area contributed by atoms with Gasteiger partial charge in [-0.3, -0.25) is 4.79 Å². The number of rotatable bonds is 7. The second-order valence-electron chi connectivity index (χ2n) is 7.11. The van der Waals surface area contributed by atoms with Crippen LogP contribution in [0.1, 0.15) is 33.1 Å². The predicted octanol–water partition coefficient (Wildman–Crippen LogP) is -0.0137. The van der Waals surface area contributed by atoms with Crippen molar-refractivity contribution in [1.82, 2.24) is 19.8 Å². The Kier molecular flexibility index (Phi) is 7.87. The van der Waals surface area contributed by atoms with Crippen LogP contribution in [0.2, 0.25) is 0 Å². The quantitative estimate of drug-likeness (QED) is 0.620. The molecule has 10 heteroatoms. The molecule has 2 heterocycles. The van der Waals surface area contributed by atoms with Gasteiger partial charge in [-0.15, -0.1) is 0 Å². The lowest BCUT2D eigenvalue weighted by molar-refractivity contribution is -0.148. The van der Waals surface area contributed by atoms with Crippen LogP contribution < -0.4 is 10.6 Å². The first-order valence-electron chi connectivity index (χ1n) is 9.71. The van der Waals surface area contributed by atoms with Crippen molar-refractivity contribution < 1.29 is 22.7 Å². The van der Waals surface area contributed by atoms with Gasteiger partial charge in [0, 0.05) is 39.3 Å². The van der Waals surface area contributed by atoms with Gasteiger partial charge in [0.15, 0.2) is 0 Å². The van der Waals surface area contributed by atoms with Crippen LogP contribution in [0, 0.1) is 5.41 Å². The van der Waals surface area contributed by atoms with Gasteiger partial charge in [-0.2, -0.15) is 0 Å². The Morgan fingerprint density at radius 3 is 2.22 bits per heavy atom. The molecule has 2 aliphatic heterocycles. The topological polar surface area (TPSA) is 108 Å². The number of nitrogens with zero attached hydrogens (tertiary/aromatic N) is 2. The van der Waals surface area contributed by atoms with Crippen molar-refractivity contribution >= 4 is 22.0 Å². The molecule has 27 heavy (non-hydrogen) atoms. The van der Waals surface area contributed by atoms with E-state index < -0.39 is 15.4 Å². The predicted molar refractivity (Wildman–Crippen MR) is 102 cm³/mol. The van der Waals surface area contributed by atoms with E-state index in [9.17, 15) is 18.0 Å². The lowest BCUT2D eigenvalue weighted by Crippen LogP contribution is -2.58. The summed E-state index contributed by atoms with van der Waals surface area (Å²) in [6.07, 6.45) is 1.37. The Morgan fingerprint density at radius 1 is 1.04 bits per heavy atom. The summed E-state index contributed by atoms with van der Waals surface area (Å²) < 4.78 is 31.5. The molecule has 2 aliphatic rings. The van der Waals surface area contributed by atoms with Crippen molar-refractivity contribution in [3.8, 4) is 0 Å². The van der Waals surface area contributed by atoms with Gasteiger partial charge in [-0.05, 0) is 26.2 Å². The fraction of sp³-hybridized carbons (Fsp3) is 0.882. The summed E-state index contributed by atoms with van der Waals surface area (Å²) in [6, 6.07) is -0.312. The lowest BCUT2D eigenvalue weighted by atomic mass is 9.77. The van der Waals surface area contributed by atoms with E-state index in [-0.39, 0.29) is 24.2 Å². The van der Waals surface area contributed by atoms with E-state index in [1.807, 2.05) is 13.8 Å². The molecule has 2 fully saturated rings. The molecule has 9 nitrogen and oxygen atoms in total. The summed E-state index contributed by atoms with van der Waals surface area (Å²) >= 11 is 0. The number of urea groups is 1. The minimum absolute atomic E-state index is 0.0184. The van der Waals surface area contributed by atoms with E-state index in [2.05, 4.69) is 10.6 Å². The van der Waals surface area contributed by atoms with Crippen molar-refractivity contribution in [1.29, 1.82) is 0 Å². The van der Waals surface area contributed by atoms with E-state index in [1.54, 1.807) is 4.90 Å². The van der Waals surface area contributed by atoms with Gasteiger partial charge in [-0.1, -0.05) is 6.92 Å². The van der Waals surface area contributed by atoms with Gasteiger partial charge in [0.2, 0.25) is 15.9 Å². The molecule has 0 aromatic carbocycles. The van der Waals surface area contributed by atoms with Crippen molar-refractivity contribution in [2.45, 2.75) is 33.1 Å². The number of amides is 3. The van der Waals surface area contributed by atoms with Gasteiger partial charge in [0.25, 0.3) is 0 Å². The number of nitrogens with one attached hydrogen (secondary N) is 2. The highest BCUT2D eigenvalue weighted by molar-refractivity contribution is 7.89. The molecule has 0 atom stereocenters. The molecule has 2 N–H and O–H groups in total. The minimum Gasteiger partial charge on any atom is -0.378 e. The molecular formula is C17H32N4O5S. The van der Waals surface area contributed by atoms with Gasteiger partial charge in [-0.25, -0.2) is 17.5 Å². The lowest BCUT2D eigenvalue weighted by Gasteiger charge is -2.43. The number of ether oxygens (including phenoxy) is 1. The first-order valence-corrected chi connectivity index (χ1v) is 11.3. The van der Waals surface area contributed by atoms with Crippen LogP contribution in [-0.2, 0) is 19.6 Å². The summed E-state index contributed by atoms with van der Waals surface area (Å²) in [5, 5.41) is 5.47. The van der Waals surface area contributed by atoms with Gasteiger partial charge in [0.1, 0.15) is 0 Å². The average Bonchev–Trinajstić information content (AvgIpc) is 2.67. The Bertz CT molecular complexity index is 611. The number of hydrogen-bond acceptors (Lipinski definition) is 5. The molecule has 0 aliphatic carbocycles. The van der Waals surface area contributed by atoms with Crippen molar-refractivity contribution in [3.63, 3.8) is 0 Å². The van der Waals surface area contributed by atoms with Crippen molar-refractivity contribution in [2.24, 2.45) is 5.41 Å². The van der Waals surface area contributed by atoms with Crippen LogP contribution in [-0.4, -0.2) is 87.8 Å². The molecule has 2 saturated heterocycles. The maximum absolute atomic E-state index is 13.3. The Labute approximate surface area is 161 Å². The molecule has 2 rings (SSSR count). The molecule has 0 radical (unpaired) electrons. The molecule has 0 saturated carbocycles. The van der Waals surface area contributed by atoms with Gasteiger partial charge >= 0.3 is 6.03 Å². The summed E-state index contributed by atoms with van der Waals surface area (Å²) in [6.45, 7) is 7.03. The first kappa shape index (κ1) is 21.9. The average molecular weight is 405 g/mol. The van der Waals surface area contributed by atoms with E-state index in [0.717, 1.165) is 0 Å². The Hall–Kier alpha value is -1.39. The molecule has 0 bridgehead atoms. The fourth-order valence-corrected chi connectivity index (χ4v) is 5.13. The maximum Gasteiger partial charge on any atom is 0.314 e. The highest BCUT2D eigenvalue weighted by Gasteiger charge is 2.45. The normalized spacial score (nSPS) is 20.9. The van der Waals surface area contributed by atoms with Crippen molar-refractivity contribution in [2.75, 3.05) is 58.2 Å². The molecule has 0 aromatic heterocycles. The Balaban J connectivity index is 2.11. The zero-order valence-electron chi connectivity index (χ0n) is 16.3. The third kappa shape index (κ3) is 5.55.